The van der Waals surface area contributed by atoms with Gasteiger partial charge in [-0.2, -0.15) is 0 Å². The fourth-order valence-electron chi connectivity index (χ4n) is 3.68. The van der Waals surface area contributed by atoms with Crippen LogP contribution >= 0.6 is 0 Å². The van der Waals surface area contributed by atoms with E-state index in [4.69, 9.17) is 4.74 Å². The predicted octanol–water partition coefficient (Wildman–Crippen LogP) is 2.34. The normalized spacial score (nSPS) is 24.0. The topological polar surface area (TPSA) is 70.7 Å². The third kappa shape index (κ3) is 3.85. The van der Waals surface area contributed by atoms with Crippen LogP contribution in [0.2, 0.25) is 0 Å². The van der Waals surface area contributed by atoms with Gasteiger partial charge in [-0.05, 0) is 38.8 Å². The minimum Gasteiger partial charge on any atom is -0.463 e. The van der Waals surface area contributed by atoms with Crippen LogP contribution in [0.1, 0.15) is 38.3 Å². The number of likely N-dealkylation sites (tertiary alicyclic amines) is 1. The summed E-state index contributed by atoms with van der Waals surface area (Å²) in [5, 5.41) is 5.56. The zero-order chi connectivity index (χ0) is 17.8. The molecule has 1 fully saturated rings. The van der Waals surface area contributed by atoms with Crippen LogP contribution in [0.3, 0.4) is 0 Å². The maximum Gasteiger partial charge on any atom is 0.337 e. The lowest BCUT2D eigenvalue weighted by Gasteiger charge is -2.31. The van der Waals surface area contributed by atoms with E-state index in [-0.39, 0.29) is 18.0 Å². The highest BCUT2D eigenvalue weighted by Crippen LogP contribution is 2.32. The highest BCUT2D eigenvalue weighted by Gasteiger charge is 2.33. The van der Waals surface area contributed by atoms with Crippen LogP contribution in [0, 0.1) is 0 Å². The quantitative estimate of drug-likeness (QED) is 0.805. The summed E-state index contributed by atoms with van der Waals surface area (Å²) in [4.78, 5) is 26.6. The second-order valence-corrected chi connectivity index (χ2v) is 6.47. The molecule has 2 aliphatic heterocycles. The Balaban J connectivity index is 1.85. The van der Waals surface area contributed by atoms with E-state index in [0.29, 0.717) is 30.5 Å². The van der Waals surface area contributed by atoms with Crippen LogP contribution in [-0.4, -0.2) is 42.6 Å². The number of nitrogens with zero attached hydrogens (tertiary/aromatic N) is 1. The van der Waals surface area contributed by atoms with Crippen LogP contribution in [0.5, 0.6) is 0 Å². The summed E-state index contributed by atoms with van der Waals surface area (Å²) in [6.07, 6.45) is 2.18. The molecule has 25 heavy (non-hydrogen) atoms. The van der Waals surface area contributed by atoms with E-state index < -0.39 is 0 Å². The first-order valence-corrected chi connectivity index (χ1v) is 8.86. The van der Waals surface area contributed by atoms with E-state index in [0.717, 1.165) is 19.4 Å². The third-order valence-electron chi connectivity index (χ3n) is 4.77. The molecule has 0 saturated carbocycles. The first-order valence-electron chi connectivity index (χ1n) is 8.86. The summed E-state index contributed by atoms with van der Waals surface area (Å²) in [6, 6.07) is 10.0. The van der Waals surface area contributed by atoms with Gasteiger partial charge < -0.3 is 15.4 Å². The molecule has 1 saturated heterocycles. The lowest BCUT2D eigenvalue weighted by atomic mass is 10.0. The maximum absolute atomic E-state index is 12.4. The number of ether oxygens (including phenoxy) is 1. The molecule has 0 aromatic heterocycles. The Labute approximate surface area is 148 Å². The molecule has 6 heteroatoms. The van der Waals surface area contributed by atoms with Crippen LogP contribution in [0.15, 0.2) is 41.6 Å². The lowest BCUT2D eigenvalue weighted by molar-refractivity contribution is -0.139. The fourth-order valence-corrected chi connectivity index (χ4v) is 3.68. The van der Waals surface area contributed by atoms with Gasteiger partial charge in [-0.3, -0.25) is 4.90 Å². The SMILES string of the molecule is CCOC(=O)C1=C(CN2CCCC2c2ccccc2)NC(=O)NC1C. The number of rotatable bonds is 5. The zero-order valence-corrected chi connectivity index (χ0v) is 14.7. The van der Waals surface area contributed by atoms with Crippen molar-refractivity contribution < 1.29 is 14.3 Å². The van der Waals surface area contributed by atoms with Gasteiger partial charge in [0.2, 0.25) is 0 Å². The van der Waals surface area contributed by atoms with Gasteiger partial charge in [0.1, 0.15) is 0 Å². The molecule has 2 N–H and O–H groups in total. The van der Waals surface area contributed by atoms with Gasteiger partial charge in [-0.1, -0.05) is 30.3 Å². The number of hydrogen-bond donors (Lipinski definition) is 2. The summed E-state index contributed by atoms with van der Waals surface area (Å²) < 4.78 is 5.19. The van der Waals surface area contributed by atoms with E-state index in [1.54, 1.807) is 6.92 Å². The number of carbonyl (C=O) groups is 2. The fraction of sp³-hybridized carbons (Fsp3) is 0.474. The number of amides is 2. The van der Waals surface area contributed by atoms with Gasteiger partial charge in [-0.25, -0.2) is 9.59 Å². The van der Waals surface area contributed by atoms with Gasteiger partial charge in [0.25, 0.3) is 0 Å². The van der Waals surface area contributed by atoms with Crippen LogP contribution in [-0.2, 0) is 9.53 Å². The number of hydrogen-bond acceptors (Lipinski definition) is 4. The van der Waals surface area contributed by atoms with Crippen molar-refractivity contribution in [3.05, 3.63) is 47.2 Å². The predicted molar refractivity (Wildman–Crippen MR) is 94.8 cm³/mol. The molecule has 0 bridgehead atoms. The summed E-state index contributed by atoms with van der Waals surface area (Å²) in [6.45, 7) is 5.38. The van der Waals surface area contributed by atoms with Crippen molar-refractivity contribution in [1.82, 2.24) is 15.5 Å². The van der Waals surface area contributed by atoms with E-state index in [2.05, 4.69) is 27.7 Å². The Kier molecular flexibility index (Phi) is 5.38. The summed E-state index contributed by atoms with van der Waals surface area (Å²) in [5.41, 5.74) is 2.43. The molecule has 6 nitrogen and oxygen atoms in total. The molecule has 0 aliphatic carbocycles. The third-order valence-corrected chi connectivity index (χ3v) is 4.77. The molecule has 2 unspecified atom stereocenters. The van der Waals surface area contributed by atoms with Crippen molar-refractivity contribution in [2.24, 2.45) is 0 Å². The highest BCUT2D eigenvalue weighted by molar-refractivity contribution is 5.94. The molecule has 2 atom stereocenters. The van der Waals surface area contributed by atoms with Crippen LogP contribution in [0.4, 0.5) is 4.79 Å². The molecule has 0 spiro atoms. The van der Waals surface area contributed by atoms with Crippen molar-refractivity contribution in [2.45, 2.75) is 38.8 Å². The Morgan fingerprint density at radius 2 is 2.08 bits per heavy atom. The van der Waals surface area contributed by atoms with Crippen molar-refractivity contribution in [3.63, 3.8) is 0 Å². The highest BCUT2D eigenvalue weighted by atomic mass is 16.5. The van der Waals surface area contributed by atoms with Gasteiger partial charge in [0, 0.05) is 18.3 Å². The molecular weight excluding hydrogens is 318 g/mol. The Hall–Kier alpha value is -2.34. The lowest BCUT2D eigenvalue weighted by Crippen LogP contribution is -2.51. The number of carbonyl (C=O) groups excluding carboxylic acids is 2. The van der Waals surface area contributed by atoms with E-state index in [1.807, 2.05) is 25.1 Å². The number of urea groups is 1. The minimum atomic E-state index is -0.368. The molecule has 1 aromatic carbocycles. The van der Waals surface area contributed by atoms with Gasteiger partial charge in [0.15, 0.2) is 0 Å². The van der Waals surface area contributed by atoms with Gasteiger partial charge in [-0.15, -0.1) is 0 Å². The minimum absolute atomic E-state index is 0.272. The van der Waals surface area contributed by atoms with Crippen molar-refractivity contribution in [2.75, 3.05) is 19.7 Å². The smallest absolute Gasteiger partial charge is 0.337 e. The Morgan fingerprint density at radius 3 is 2.80 bits per heavy atom. The molecule has 0 radical (unpaired) electrons. The number of benzene rings is 1. The first-order chi connectivity index (χ1) is 12.1. The summed E-state index contributed by atoms with van der Waals surface area (Å²) >= 11 is 0. The monoisotopic (exact) mass is 343 g/mol. The average molecular weight is 343 g/mol. The van der Waals surface area contributed by atoms with E-state index in [9.17, 15) is 9.59 Å². The van der Waals surface area contributed by atoms with Crippen LogP contribution < -0.4 is 10.6 Å². The Morgan fingerprint density at radius 1 is 1.32 bits per heavy atom. The van der Waals surface area contributed by atoms with Crippen molar-refractivity contribution in [3.8, 4) is 0 Å². The van der Waals surface area contributed by atoms with E-state index >= 15 is 0 Å². The average Bonchev–Trinajstić information content (AvgIpc) is 3.03. The molecular formula is C19H25N3O3. The molecule has 1 aromatic rings. The summed E-state index contributed by atoms with van der Waals surface area (Å²) in [7, 11) is 0. The largest absolute Gasteiger partial charge is 0.463 e. The first kappa shape index (κ1) is 17.5. The maximum atomic E-state index is 12.4. The van der Waals surface area contributed by atoms with Crippen molar-refractivity contribution >= 4 is 12.0 Å². The summed E-state index contributed by atoms with van der Waals surface area (Å²) in [5.74, 6) is -0.368. The standard InChI is InChI=1S/C19H25N3O3/c1-3-25-18(23)17-13(2)20-19(24)21-15(17)12-22-11-7-10-16(22)14-8-5-4-6-9-14/h4-6,8-9,13,16H,3,7,10-12H2,1-2H3,(H2,20,21,24). The molecule has 2 heterocycles. The van der Waals surface area contributed by atoms with Gasteiger partial charge in [0.05, 0.1) is 18.2 Å². The molecule has 134 valence electrons. The van der Waals surface area contributed by atoms with Crippen molar-refractivity contribution in [1.29, 1.82) is 0 Å². The van der Waals surface area contributed by atoms with Gasteiger partial charge >= 0.3 is 12.0 Å². The second-order valence-electron chi connectivity index (χ2n) is 6.47. The molecule has 2 amide bonds. The second kappa shape index (κ2) is 7.70. The van der Waals surface area contributed by atoms with Crippen LogP contribution in [0.25, 0.3) is 0 Å². The zero-order valence-electron chi connectivity index (χ0n) is 14.7. The Bertz CT molecular complexity index is 672. The number of esters is 1. The molecule has 2 aliphatic rings. The molecule has 3 rings (SSSR count). The van der Waals surface area contributed by atoms with E-state index in [1.165, 1.54) is 5.56 Å². The number of nitrogens with one attached hydrogen (secondary N) is 2.